The van der Waals surface area contributed by atoms with Gasteiger partial charge in [-0.15, -0.1) is 11.3 Å². The van der Waals surface area contributed by atoms with Crippen molar-refractivity contribution in [1.82, 2.24) is 15.2 Å². The Morgan fingerprint density at radius 2 is 2.20 bits per heavy atom. The van der Waals surface area contributed by atoms with E-state index in [1.807, 2.05) is 5.38 Å². The molecule has 0 spiro atoms. The highest BCUT2D eigenvalue weighted by Gasteiger charge is 2.27. The number of hydrogen-bond donors (Lipinski definition) is 1. The standard InChI is InChI=1S/C15H25N3OS/c1-4-13(15-16-7-10-20-15)17-14(19)12-5-8-18(9-6-12)11(2)3/h7,10-13H,4-6,8-9H2,1-3H3,(H,17,19)/t13-/m1/s1. The second-order valence-electron chi connectivity index (χ2n) is 5.74. The summed E-state index contributed by atoms with van der Waals surface area (Å²) in [6.45, 7) is 8.59. The van der Waals surface area contributed by atoms with Crippen LogP contribution >= 0.6 is 11.3 Å². The molecule has 1 aliphatic heterocycles. The Balaban J connectivity index is 1.86. The molecule has 1 aromatic heterocycles. The van der Waals surface area contributed by atoms with E-state index in [0.717, 1.165) is 37.4 Å². The van der Waals surface area contributed by atoms with Crippen molar-refractivity contribution in [2.45, 2.75) is 52.1 Å². The number of carbonyl (C=O) groups is 1. The molecule has 0 aromatic carbocycles. The van der Waals surface area contributed by atoms with E-state index in [1.54, 1.807) is 17.5 Å². The van der Waals surface area contributed by atoms with Crippen LogP contribution in [0.5, 0.6) is 0 Å². The van der Waals surface area contributed by atoms with E-state index in [-0.39, 0.29) is 17.9 Å². The summed E-state index contributed by atoms with van der Waals surface area (Å²) in [5.41, 5.74) is 0. The second kappa shape index (κ2) is 7.18. The third kappa shape index (κ3) is 3.79. The monoisotopic (exact) mass is 295 g/mol. The highest BCUT2D eigenvalue weighted by molar-refractivity contribution is 7.09. The van der Waals surface area contributed by atoms with Crippen LogP contribution in [0.2, 0.25) is 0 Å². The average molecular weight is 295 g/mol. The van der Waals surface area contributed by atoms with Crippen LogP contribution in [-0.4, -0.2) is 34.9 Å². The fraction of sp³-hybridized carbons (Fsp3) is 0.733. The third-order valence-electron chi connectivity index (χ3n) is 4.10. The lowest BCUT2D eigenvalue weighted by Gasteiger charge is -2.34. The summed E-state index contributed by atoms with van der Waals surface area (Å²) in [5, 5.41) is 6.15. The topological polar surface area (TPSA) is 45.2 Å². The quantitative estimate of drug-likeness (QED) is 0.908. The number of nitrogens with zero attached hydrogens (tertiary/aromatic N) is 2. The van der Waals surface area contributed by atoms with E-state index < -0.39 is 0 Å². The summed E-state index contributed by atoms with van der Waals surface area (Å²) in [6.07, 6.45) is 4.64. The lowest BCUT2D eigenvalue weighted by Crippen LogP contribution is -2.43. The molecule has 2 rings (SSSR count). The van der Waals surface area contributed by atoms with Crippen LogP contribution in [0.25, 0.3) is 0 Å². The van der Waals surface area contributed by atoms with E-state index in [4.69, 9.17) is 0 Å². The molecule has 0 unspecified atom stereocenters. The van der Waals surface area contributed by atoms with Crippen molar-refractivity contribution in [3.8, 4) is 0 Å². The molecule has 5 heteroatoms. The fourth-order valence-corrected chi connectivity index (χ4v) is 3.49. The van der Waals surface area contributed by atoms with Crippen molar-refractivity contribution < 1.29 is 4.79 Å². The lowest BCUT2D eigenvalue weighted by atomic mass is 9.94. The van der Waals surface area contributed by atoms with Crippen LogP contribution in [-0.2, 0) is 4.79 Å². The van der Waals surface area contributed by atoms with Crippen LogP contribution in [0.3, 0.4) is 0 Å². The number of rotatable bonds is 5. The number of amides is 1. The zero-order valence-electron chi connectivity index (χ0n) is 12.6. The number of carbonyl (C=O) groups excluding carboxylic acids is 1. The van der Waals surface area contributed by atoms with Crippen LogP contribution in [0.15, 0.2) is 11.6 Å². The number of thiazole rings is 1. The van der Waals surface area contributed by atoms with Crippen molar-refractivity contribution in [2.24, 2.45) is 5.92 Å². The molecule has 1 amide bonds. The first-order valence-corrected chi connectivity index (χ1v) is 8.43. The minimum absolute atomic E-state index is 0.0747. The molecule has 0 aliphatic carbocycles. The molecular formula is C15H25N3OS. The second-order valence-corrected chi connectivity index (χ2v) is 6.67. The highest BCUT2D eigenvalue weighted by atomic mass is 32.1. The molecule has 20 heavy (non-hydrogen) atoms. The third-order valence-corrected chi connectivity index (χ3v) is 4.99. The summed E-state index contributed by atoms with van der Waals surface area (Å²) < 4.78 is 0. The molecule has 1 saturated heterocycles. The Bertz CT molecular complexity index is 411. The van der Waals surface area contributed by atoms with Gasteiger partial charge < -0.3 is 10.2 Å². The molecule has 2 heterocycles. The van der Waals surface area contributed by atoms with Gasteiger partial charge in [-0.3, -0.25) is 4.79 Å². The normalized spacial score (nSPS) is 19.2. The number of aromatic nitrogens is 1. The molecule has 0 saturated carbocycles. The minimum atomic E-state index is 0.0747. The van der Waals surface area contributed by atoms with Crippen LogP contribution < -0.4 is 5.32 Å². The Morgan fingerprint density at radius 1 is 1.50 bits per heavy atom. The maximum atomic E-state index is 12.4. The molecule has 0 bridgehead atoms. The van der Waals surface area contributed by atoms with E-state index in [1.165, 1.54) is 0 Å². The average Bonchev–Trinajstić information content (AvgIpc) is 2.98. The van der Waals surface area contributed by atoms with Crippen molar-refractivity contribution in [2.75, 3.05) is 13.1 Å². The van der Waals surface area contributed by atoms with E-state index in [9.17, 15) is 4.79 Å². The Morgan fingerprint density at radius 3 is 2.70 bits per heavy atom. The number of nitrogens with one attached hydrogen (secondary N) is 1. The molecule has 0 radical (unpaired) electrons. The largest absolute Gasteiger partial charge is 0.347 e. The van der Waals surface area contributed by atoms with Gasteiger partial charge in [-0.25, -0.2) is 4.98 Å². The zero-order valence-corrected chi connectivity index (χ0v) is 13.4. The minimum Gasteiger partial charge on any atom is -0.347 e. The van der Waals surface area contributed by atoms with Gasteiger partial charge in [0.1, 0.15) is 5.01 Å². The van der Waals surface area contributed by atoms with Gasteiger partial charge >= 0.3 is 0 Å². The molecule has 1 N–H and O–H groups in total. The molecular weight excluding hydrogens is 270 g/mol. The highest BCUT2D eigenvalue weighted by Crippen LogP contribution is 2.23. The summed E-state index contributed by atoms with van der Waals surface area (Å²) in [6, 6.07) is 0.656. The molecule has 4 nitrogen and oxygen atoms in total. The Hall–Kier alpha value is -0.940. The van der Waals surface area contributed by atoms with Crippen molar-refractivity contribution in [1.29, 1.82) is 0 Å². The predicted octanol–water partition coefficient (Wildman–Crippen LogP) is 2.83. The van der Waals surface area contributed by atoms with Gasteiger partial charge in [-0.1, -0.05) is 6.92 Å². The van der Waals surface area contributed by atoms with Crippen molar-refractivity contribution in [3.63, 3.8) is 0 Å². The maximum Gasteiger partial charge on any atom is 0.223 e. The first kappa shape index (κ1) is 15.4. The number of piperidine rings is 1. The molecule has 112 valence electrons. The molecule has 1 aromatic rings. The summed E-state index contributed by atoms with van der Waals surface area (Å²) in [7, 11) is 0. The summed E-state index contributed by atoms with van der Waals surface area (Å²) >= 11 is 1.61. The Kier molecular flexibility index (Phi) is 5.54. The lowest BCUT2D eigenvalue weighted by molar-refractivity contribution is -0.127. The van der Waals surface area contributed by atoms with Crippen molar-refractivity contribution >= 4 is 17.2 Å². The molecule has 1 atom stereocenters. The maximum absolute atomic E-state index is 12.4. The first-order valence-electron chi connectivity index (χ1n) is 7.55. The number of hydrogen-bond acceptors (Lipinski definition) is 4. The van der Waals surface area contributed by atoms with Crippen molar-refractivity contribution in [3.05, 3.63) is 16.6 Å². The van der Waals surface area contributed by atoms with Gasteiger partial charge in [-0.2, -0.15) is 0 Å². The predicted molar refractivity (Wildman–Crippen MR) is 82.7 cm³/mol. The van der Waals surface area contributed by atoms with Gasteiger partial charge in [0, 0.05) is 23.5 Å². The van der Waals surface area contributed by atoms with Crippen LogP contribution in [0.1, 0.15) is 51.1 Å². The fourth-order valence-electron chi connectivity index (χ4n) is 2.71. The van der Waals surface area contributed by atoms with Gasteiger partial charge in [-0.05, 0) is 46.2 Å². The van der Waals surface area contributed by atoms with E-state index >= 15 is 0 Å². The number of likely N-dealkylation sites (tertiary alicyclic amines) is 1. The van der Waals surface area contributed by atoms with Crippen LogP contribution in [0.4, 0.5) is 0 Å². The smallest absolute Gasteiger partial charge is 0.223 e. The Labute approximate surface area is 125 Å². The van der Waals surface area contributed by atoms with E-state index in [2.05, 4.69) is 36.0 Å². The summed E-state index contributed by atoms with van der Waals surface area (Å²) in [4.78, 5) is 19.1. The molecule has 1 fully saturated rings. The van der Waals surface area contributed by atoms with E-state index in [0.29, 0.717) is 6.04 Å². The zero-order chi connectivity index (χ0) is 14.5. The van der Waals surface area contributed by atoms with Gasteiger partial charge in [0.05, 0.1) is 6.04 Å². The van der Waals surface area contributed by atoms with Gasteiger partial charge in [0.25, 0.3) is 0 Å². The summed E-state index contributed by atoms with van der Waals surface area (Å²) in [5.74, 6) is 0.370. The first-order chi connectivity index (χ1) is 9.61. The van der Waals surface area contributed by atoms with Gasteiger partial charge in [0.15, 0.2) is 0 Å². The molecule has 1 aliphatic rings. The van der Waals surface area contributed by atoms with Crippen LogP contribution in [0, 0.1) is 5.92 Å². The SMILES string of the molecule is CC[C@@H](NC(=O)C1CCN(C(C)C)CC1)c1nccs1. The van der Waals surface area contributed by atoms with Gasteiger partial charge in [0.2, 0.25) is 5.91 Å².